The minimum absolute atomic E-state index is 0.0246. The van der Waals surface area contributed by atoms with Crippen molar-refractivity contribution < 1.29 is 9.53 Å². The minimum atomic E-state index is -0.122. The lowest BCUT2D eigenvalue weighted by atomic mass is 9.96. The van der Waals surface area contributed by atoms with Gasteiger partial charge in [-0.15, -0.1) is 0 Å². The van der Waals surface area contributed by atoms with Gasteiger partial charge in [0, 0.05) is 6.54 Å². The Kier molecular flexibility index (Phi) is 6.52. The van der Waals surface area contributed by atoms with Crippen molar-refractivity contribution in [3.05, 3.63) is 29.8 Å². The molecule has 0 saturated heterocycles. The lowest BCUT2D eigenvalue weighted by molar-refractivity contribution is -0.125. The summed E-state index contributed by atoms with van der Waals surface area (Å²) in [6.45, 7) is 6.55. The van der Waals surface area contributed by atoms with Gasteiger partial charge in [0.2, 0.25) is 5.91 Å². The topological polar surface area (TPSA) is 64.3 Å². The van der Waals surface area contributed by atoms with Gasteiger partial charge in [-0.25, -0.2) is 0 Å². The normalized spacial score (nSPS) is 13.9. The molecule has 1 rings (SSSR count). The summed E-state index contributed by atoms with van der Waals surface area (Å²) in [4.78, 5) is 12.2. The highest BCUT2D eigenvalue weighted by Crippen LogP contribution is 2.20. The maximum atomic E-state index is 12.2. The van der Waals surface area contributed by atoms with Crippen LogP contribution in [0.2, 0.25) is 0 Å². The second kappa shape index (κ2) is 7.90. The largest absolute Gasteiger partial charge is 0.497 e. The highest BCUT2D eigenvalue weighted by atomic mass is 16.5. The lowest BCUT2D eigenvalue weighted by Crippen LogP contribution is -2.37. The van der Waals surface area contributed by atoms with E-state index in [2.05, 4.69) is 19.2 Å². The van der Waals surface area contributed by atoms with Crippen molar-refractivity contribution in [2.75, 3.05) is 13.7 Å². The number of ether oxygens (including phenoxy) is 1. The van der Waals surface area contributed by atoms with Gasteiger partial charge in [0.1, 0.15) is 5.75 Å². The summed E-state index contributed by atoms with van der Waals surface area (Å²) in [7, 11) is 1.63. The molecule has 0 bridgehead atoms. The summed E-state index contributed by atoms with van der Waals surface area (Å²) in [6, 6.07) is 7.67. The molecule has 2 unspecified atom stereocenters. The number of methoxy groups -OCH3 is 1. The predicted octanol–water partition coefficient (Wildman–Crippen LogP) is 2.49. The van der Waals surface area contributed by atoms with E-state index >= 15 is 0 Å². The Balaban J connectivity index is 2.68. The first-order valence-corrected chi connectivity index (χ1v) is 7.12. The van der Waals surface area contributed by atoms with E-state index in [1.165, 1.54) is 0 Å². The van der Waals surface area contributed by atoms with Crippen LogP contribution in [0.5, 0.6) is 5.75 Å². The van der Waals surface area contributed by atoms with E-state index in [4.69, 9.17) is 10.5 Å². The Morgan fingerprint density at radius 3 is 2.60 bits per heavy atom. The van der Waals surface area contributed by atoms with Crippen LogP contribution in [0.25, 0.3) is 0 Å². The van der Waals surface area contributed by atoms with Crippen LogP contribution in [-0.4, -0.2) is 19.6 Å². The molecule has 0 heterocycles. The number of carbonyl (C=O) groups excluding carboxylic acids is 1. The standard InChI is InChI=1S/C16H26N2O2/c1-11(2)8-14(10-17)16(19)18-12(3)13-6-5-7-15(9-13)20-4/h5-7,9,11-12,14H,8,10,17H2,1-4H3,(H,18,19). The maximum Gasteiger partial charge on any atom is 0.224 e. The number of hydrogen-bond acceptors (Lipinski definition) is 3. The molecule has 0 aliphatic heterocycles. The number of benzene rings is 1. The van der Waals surface area contributed by atoms with Crippen LogP contribution in [0.4, 0.5) is 0 Å². The second-order valence-corrected chi connectivity index (χ2v) is 5.57. The van der Waals surface area contributed by atoms with Crippen molar-refractivity contribution in [3.63, 3.8) is 0 Å². The fourth-order valence-corrected chi connectivity index (χ4v) is 2.20. The van der Waals surface area contributed by atoms with Gasteiger partial charge >= 0.3 is 0 Å². The van der Waals surface area contributed by atoms with Crippen molar-refractivity contribution in [3.8, 4) is 5.75 Å². The molecule has 1 amide bonds. The Labute approximate surface area is 121 Å². The Morgan fingerprint density at radius 1 is 1.35 bits per heavy atom. The van der Waals surface area contributed by atoms with Gasteiger partial charge in [-0.3, -0.25) is 4.79 Å². The van der Waals surface area contributed by atoms with Crippen molar-refractivity contribution in [1.29, 1.82) is 0 Å². The maximum absolute atomic E-state index is 12.2. The zero-order valence-corrected chi connectivity index (χ0v) is 12.8. The average Bonchev–Trinajstić information content (AvgIpc) is 2.44. The second-order valence-electron chi connectivity index (χ2n) is 5.57. The molecule has 0 aromatic heterocycles. The fourth-order valence-electron chi connectivity index (χ4n) is 2.20. The Hall–Kier alpha value is -1.55. The molecular weight excluding hydrogens is 252 g/mol. The Morgan fingerprint density at radius 2 is 2.05 bits per heavy atom. The molecule has 0 aliphatic carbocycles. The highest BCUT2D eigenvalue weighted by molar-refractivity contribution is 5.79. The van der Waals surface area contributed by atoms with Crippen LogP contribution in [-0.2, 0) is 4.79 Å². The summed E-state index contributed by atoms with van der Waals surface area (Å²) in [5.41, 5.74) is 6.73. The number of nitrogens with one attached hydrogen (secondary N) is 1. The van der Waals surface area contributed by atoms with Crippen LogP contribution in [0.3, 0.4) is 0 Å². The molecule has 2 atom stereocenters. The molecule has 4 nitrogen and oxygen atoms in total. The SMILES string of the molecule is COc1cccc(C(C)NC(=O)C(CN)CC(C)C)c1. The smallest absolute Gasteiger partial charge is 0.224 e. The van der Waals surface area contributed by atoms with Crippen molar-refractivity contribution in [2.24, 2.45) is 17.6 Å². The van der Waals surface area contributed by atoms with Crippen LogP contribution < -0.4 is 15.8 Å². The summed E-state index contributed by atoms with van der Waals surface area (Å²) >= 11 is 0. The van der Waals surface area contributed by atoms with Gasteiger partial charge < -0.3 is 15.8 Å². The van der Waals surface area contributed by atoms with E-state index < -0.39 is 0 Å². The van der Waals surface area contributed by atoms with Crippen LogP contribution >= 0.6 is 0 Å². The first-order chi connectivity index (χ1) is 9.47. The van der Waals surface area contributed by atoms with E-state index in [0.717, 1.165) is 17.7 Å². The predicted molar refractivity (Wildman–Crippen MR) is 81.6 cm³/mol. The van der Waals surface area contributed by atoms with Crippen LogP contribution in [0.1, 0.15) is 38.8 Å². The van der Waals surface area contributed by atoms with E-state index in [1.54, 1.807) is 7.11 Å². The van der Waals surface area contributed by atoms with Crippen molar-refractivity contribution >= 4 is 5.91 Å². The number of carbonyl (C=O) groups is 1. The average molecular weight is 278 g/mol. The number of rotatable bonds is 7. The molecule has 1 aromatic rings. The quantitative estimate of drug-likeness (QED) is 0.805. The molecule has 0 saturated carbocycles. The third-order valence-electron chi connectivity index (χ3n) is 3.36. The molecular formula is C16H26N2O2. The molecule has 112 valence electrons. The number of amides is 1. The molecule has 0 spiro atoms. The minimum Gasteiger partial charge on any atom is -0.497 e. The lowest BCUT2D eigenvalue weighted by Gasteiger charge is -2.21. The zero-order chi connectivity index (χ0) is 15.1. The molecule has 4 heteroatoms. The van der Waals surface area contributed by atoms with E-state index in [-0.39, 0.29) is 17.9 Å². The van der Waals surface area contributed by atoms with Crippen molar-refractivity contribution in [2.45, 2.75) is 33.2 Å². The monoisotopic (exact) mass is 278 g/mol. The van der Waals surface area contributed by atoms with Gasteiger partial charge in [-0.05, 0) is 37.0 Å². The summed E-state index contributed by atoms with van der Waals surface area (Å²) < 4.78 is 5.20. The molecule has 3 N–H and O–H groups in total. The van der Waals surface area contributed by atoms with E-state index in [0.29, 0.717) is 12.5 Å². The van der Waals surface area contributed by atoms with Gasteiger partial charge in [-0.2, -0.15) is 0 Å². The molecule has 1 aromatic carbocycles. The van der Waals surface area contributed by atoms with Gasteiger partial charge in [-0.1, -0.05) is 26.0 Å². The summed E-state index contributed by atoms with van der Waals surface area (Å²) in [6.07, 6.45) is 0.813. The summed E-state index contributed by atoms with van der Waals surface area (Å²) in [5.74, 6) is 1.15. The molecule has 0 aliphatic rings. The first kappa shape index (κ1) is 16.5. The zero-order valence-electron chi connectivity index (χ0n) is 12.8. The highest BCUT2D eigenvalue weighted by Gasteiger charge is 2.20. The van der Waals surface area contributed by atoms with Gasteiger partial charge in [0.05, 0.1) is 19.1 Å². The molecule has 0 radical (unpaired) electrons. The fraction of sp³-hybridized carbons (Fsp3) is 0.562. The summed E-state index contributed by atoms with van der Waals surface area (Å²) in [5, 5.41) is 3.03. The third kappa shape index (κ3) is 4.85. The van der Waals surface area contributed by atoms with E-state index in [1.807, 2.05) is 31.2 Å². The van der Waals surface area contributed by atoms with Gasteiger partial charge in [0.15, 0.2) is 0 Å². The molecule has 0 fully saturated rings. The van der Waals surface area contributed by atoms with Crippen LogP contribution in [0.15, 0.2) is 24.3 Å². The number of hydrogen-bond donors (Lipinski definition) is 2. The van der Waals surface area contributed by atoms with Crippen molar-refractivity contribution in [1.82, 2.24) is 5.32 Å². The van der Waals surface area contributed by atoms with Crippen LogP contribution in [0, 0.1) is 11.8 Å². The Bertz CT molecular complexity index is 432. The van der Waals surface area contributed by atoms with E-state index in [9.17, 15) is 4.79 Å². The third-order valence-corrected chi connectivity index (χ3v) is 3.36. The first-order valence-electron chi connectivity index (χ1n) is 7.12. The number of nitrogens with two attached hydrogens (primary N) is 1. The van der Waals surface area contributed by atoms with Gasteiger partial charge in [0.25, 0.3) is 0 Å². The molecule has 20 heavy (non-hydrogen) atoms.